The maximum Gasteiger partial charge on any atom is 0.251 e. The first-order valence-electron chi connectivity index (χ1n) is 6.38. The number of rotatable bonds is 6. The molecule has 0 fully saturated rings. The topological polar surface area (TPSA) is 89.3 Å². The summed E-state index contributed by atoms with van der Waals surface area (Å²) in [7, 11) is -3.87. The molecule has 1 aromatic rings. The lowest BCUT2D eigenvalue weighted by Gasteiger charge is -2.10. The quantitative estimate of drug-likeness (QED) is 0.760. The van der Waals surface area contributed by atoms with Crippen LogP contribution in [-0.2, 0) is 10.0 Å². The third kappa shape index (κ3) is 4.57. The van der Waals surface area contributed by atoms with Crippen LogP contribution in [0.4, 0.5) is 0 Å². The van der Waals surface area contributed by atoms with E-state index in [-0.39, 0.29) is 10.8 Å². The molecule has 0 unspecified atom stereocenters. The van der Waals surface area contributed by atoms with Gasteiger partial charge >= 0.3 is 0 Å². The number of primary sulfonamides is 1. The number of hydrogen-bond acceptors (Lipinski definition) is 3. The van der Waals surface area contributed by atoms with E-state index in [0.29, 0.717) is 22.1 Å². The molecular weight excluding hydrogens is 344 g/mol. The predicted octanol–water partition coefficient (Wildman–Crippen LogP) is 2.32. The molecule has 0 radical (unpaired) electrons. The van der Waals surface area contributed by atoms with Crippen LogP contribution in [0.3, 0.4) is 0 Å². The van der Waals surface area contributed by atoms with Crippen LogP contribution in [0.5, 0.6) is 0 Å². The van der Waals surface area contributed by atoms with Gasteiger partial charge in [-0.2, -0.15) is 0 Å². The van der Waals surface area contributed by atoms with Gasteiger partial charge in [-0.3, -0.25) is 4.79 Å². The van der Waals surface area contributed by atoms with Crippen molar-refractivity contribution in [3.8, 4) is 0 Å². The number of carbonyl (C=O) groups is 1. The lowest BCUT2D eigenvalue weighted by Crippen LogP contribution is -2.25. The molecule has 0 heterocycles. The van der Waals surface area contributed by atoms with Gasteiger partial charge in [0, 0.05) is 16.6 Å². The minimum Gasteiger partial charge on any atom is -0.352 e. The molecule has 3 N–H and O–H groups in total. The number of sulfonamides is 1. The maximum atomic E-state index is 12.0. The Balaban J connectivity index is 2.97. The zero-order chi connectivity index (χ0) is 15.3. The van der Waals surface area contributed by atoms with Gasteiger partial charge in [0.15, 0.2) is 0 Å². The SMILES string of the molecule is CCCCCNC(=O)c1cc(C)c(Br)c(S(N)(=O)=O)c1. The Morgan fingerprint density at radius 1 is 1.35 bits per heavy atom. The smallest absolute Gasteiger partial charge is 0.251 e. The highest BCUT2D eigenvalue weighted by atomic mass is 79.9. The van der Waals surface area contributed by atoms with E-state index < -0.39 is 10.0 Å². The minimum atomic E-state index is -3.87. The molecule has 0 saturated heterocycles. The summed E-state index contributed by atoms with van der Waals surface area (Å²) < 4.78 is 23.4. The number of amides is 1. The Hall–Kier alpha value is -0.920. The van der Waals surface area contributed by atoms with Crippen LogP contribution >= 0.6 is 15.9 Å². The highest BCUT2D eigenvalue weighted by Crippen LogP contribution is 2.26. The second kappa shape index (κ2) is 7.19. The summed E-state index contributed by atoms with van der Waals surface area (Å²) in [5.74, 6) is -0.290. The standard InChI is InChI=1S/C13H19BrN2O3S/c1-3-4-5-6-16-13(17)10-7-9(2)12(14)11(8-10)20(15,18)19/h7-8H,3-6H2,1-2H3,(H,16,17)(H2,15,18,19). The number of hydrogen-bond donors (Lipinski definition) is 2. The van der Waals surface area contributed by atoms with Crippen molar-refractivity contribution in [1.29, 1.82) is 0 Å². The summed E-state index contributed by atoms with van der Waals surface area (Å²) >= 11 is 3.18. The Labute approximate surface area is 128 Å². The average molecular weight is 363 g/mol. The van der Waals surface area contributed by atoms with Gasteiger partial charge in [-0.05, 0) is 47.0 Å². The van der Waals surface area contributed by atoms with Crippen LogP contribution in [0.1, 0.15) is 42.1 Å². The molecule has 0 bridgehead atoms. The highest BCUT2D eigenvalue weighted by Gasteiger charge is 2.18. The maximum absolute atomic E-state index is 12.0. The van der Waals surface area contributed by atoms with Crippen LogP contribution in [0.15, 0.2) is 21.5 Å². The zero-order valence-corrected chi connectivity index (χ0v) is 14.0. The van der Waals surface area contributed by atoms with Crippen molar-refractivity contribution in [2.75, 3.05) is 6.54 Å². The molecule has 1 rings (SSSR count). The lowest BCUT2D eigenvalue weighted by molar-refractivity contribution is 0.0952. The summed E-state index contributed by atoms with van der Waals surface area (Å²) in [6, 6.07) is 2.93. The van der Waals surface area contributed by atoms with Gasteiger partial charge in [-0.1, -0.05) is 19.8 Å². The molecule has 0 aromatic heterocycles. The van der Waals surface area contributed by atoms with Gasteiger partial charge in [-0.25, -0.2) is 13.6 Å². The Morgan fingerprint density at radius 2 is 2.00 bits per heavy atom. The molecule has 5 nitrogen and oxygen atoms in total. The molecule has 0 spiro atoms. The normalized spacial score (nSPS) is 11.4. The van der Waals surface area contributed by atoms with E-state index in [2.05, 4.69) is 28.2 Å². The number of carbonyl (C=O) groups excluding carboxylic acids is 1. The third-order valence-corrected chi connectivity index (χ3v) is 5.11. The van der Waals surface area contributed by atoms with E-state index in [0.717, 1.165) is 19.3 Å². The van der Waals surface area contributed by atoms with Crippen molar-refractivity contribution in [3.05, 3.63) is 27.7 Å². The largest absolute Gasteiger partial charge is 0.352 e. The molecule has 1 amide bonds. The van der Waals surface area contributed by atoms with Crippen LogP contribution < -0.4 is 10.5 Å². The van der Waals surface area contributed by atoms with Gasteiger partial charge in [0.05, 0.1) is 4.90 Å². The van der Waals surface area contributed by atoms with Gasteiger partial charge in [0.25, 0.3) is 5.91 Å². The molecule has 1 aromatic carbocycles. The summed E-state index contributed by atoms with van der Waals surface area (Å²) in [5, 5.41) is 7.91. The summed E-state index contributed by atoms with van der Waals surface area (Å²) in [5.41, 5.74) is 0.946. The monoisotopic (exact) mass is 362 g/mol. The highest BCUT2D eigenvalue weighted by molar-refractivity contribution is 9.10. The van der Waals surface area contributed by atoms with E-state index in [1.807, 2.05) is 0 Å². The first kappa shape index (κ1) is 17.1. The number of benzene rings is 1. The van der Waals surface area contributed by atoms with Gasteiger partial charge < -0.3 is 5.32 Å². The second-order valence-corrected chi connectivity index (χ2v) is 6.94. The zero-order valence-electron chi connectivity index (χ0n) is 11.6. The molecule has 112 valence electrons. The van der Waals surface area contributed by atoms with Crippen molar-refractivity contribution >= 4 is 31.9 Å². The predicted molar refractivity (Wildman–Crippen MR) is 82.1 cm³/mol. The Bertz CT molecular complexity index is 600. The van der Waals surface area contributed by atoms with E-state index in [9.17, 15) is 13.2 Å². The van der Waals surface area contributed by atoms with Crippen molar-refractivity contribution < 1.29 is 13.2 Å². The number of nitrogens with two attached hydrogens (primary N) is 1. The van der Waals surface area contributed by atoms with Crippen LogP contribution in [0, 0.1) is 6.92 Å². The second-order valence-electron chi connectivity index (χ2n) is 4.61. The molecular formula is C13H19BrN2O3S. The van der Waals surface area contributed by atoms with E-state index in [1.165, 1.54) is 6.07 Å². The molecule has 0 saturated carbocycles. The lowest BCUT2D eigenvalue weighted by atomic mass is 10.1. The number of aryl methyl sites for hydroxylation is 1. The fourth-order valence-electron chi connectivity index (χ4n) is 1.75. The molecule has 0 atom stereocenters. The van der Waals surface area contributed by atoms with E-state index in [1.54, 1.807) is 13.0 Å². The summed E-state index contributed by atoms with van der Waals surface area (Å²) in [4.78, 5) is 11.9. The average Bonchev–Trinajstić information content (AvgIpc) is 2.36. The third-order valence-electron chi connectivity index (χ3n) is 2.86. The molecule has 0 aliphatic carbocycles. The minimum absolute atomic E-state index is 0.0730. The van der Waals surface area contributed by atoms with E-state index in [4.69, 9.17) is 5.14 Å². The van der Waals surface area contributed by atoms with Crippen LogP contribution in [0.2, 0.25) is 0 Å². The number of unbranched alkanes of at least 4 members (excludes halogenated alkanes) is 2. The van der Waals surface area contributed by atoms with Crippen molar-refractivity contribution in [2.45, 2.75) is 38.0 Å². The van der Waals surface area contributed by atoms with Crippen LogP contribution in [0.25, 0.3) is 0 Å². The molecule has 0 aliphatic heterocycles. The molecule has 7 heteroatoms. The fraction of sp³-hybridized carbons (Fsp3) is 0.462. The molecule has 0 aliphatic rings. The van der Waals surface area contributed by atoms with Gasteiger partial charge in [0.1, 0.15) is 0 Å². The Morgan fingerprint density at radius 3 is 2.55 bits per heavy atom. The summed E-state index contributed by atoms with van der Waals surface area (Å²) in [6.45, 7) is 4.37. The Kier molecular flexibility index (Phi) is 6.16. The van der Waals surface area contributed by atoms with Crippen LogP contribution in [-0.4, -0.2) is 20.9 Å². The van der Waals surface area contributed by atoms with Crippen molar-refractivity contribution in [1.82, 2.24) is 5.32 Å². The number of halogens is 1. The summed E-state index contributed by atoms with van der Waals surface area (Å²) in [6.07, 6.45) is 3.02. The van der Waals surface area contributed by atoms with Crippen molar-refractivity contribution in [3.63, 3.8) is 0 Å². The fourth-order valence-corrected chi connectivity index (χ4v) is 3.36. The van der Waals surface area contributed by atoms with Gasteiger partial charge in [-0.15, -0.1) is 0 Å². The molecule has 20 heavy (non-hydrogen) atoms. The first-order valence-corrected chi connectivity index (χ1v) is 8.72. The van der Waals surface area contributed by atoms with E-state index >= 15 is 0 Å². The van der Waals surface area contributed by atoms with Gasteiger partial charge in [0.2, 0.25) is 10.0 Å². The number of nitrogens with one attached hydrogen (secondary N) is 1. The first-order chi connectivity index (χ1) is 9.27. The van der Waals surface area contributed by atoms with Crippen molar-refractivity contribution in [2.24, 2.45) is 5.14 Å².